The first-order valence-corrected chi connectivity index (χ1v) is 11.5. The Balaban J connectivity index is 1.63. The van der Waals surface area contributed by atoms with Crippen molar-refractivity contribution in [3.05, 3.63) is 42.7 Å². The van der Waals surface area contributed by atoms with E-state index >= 15 is 0 Å². The van der Waals surface area contributed by atoms with Gasteiger partial charge in [0, 0.05) is 44.0 Å². The summed E-state index contributed by atoms with van der Waals surface area (Å²) in [6.45, 7) is 0.647. The molecule has 3 aromatic rings. The highest BCUT2D eigenvalue weighted by atomic mass is 32.2. The minimum atomic E-state index is -2.72. The minimum absolute atomic E-state index is 0.0776. The number of hydrogen-bond acceptors (Lipinski definition) is 7. The van der Waals surface area contributed by atoms with Gasteiger partial charge in [-0.15, -0.1) is 0 Å². The molecule has 2 atom stereocenters. The van der Waals surface area contributed by atoms with E-state index in [0.717, 1.165) is 11.3 Å². The van der Waals surface area contributed by atoms with E-state index in [1.807, 2.05) is 30.3 Å². The third-order valence-corrected chi connectivity index (χ3v) is 6.49. The Morgan fingerprint density at radius 2 is 2.00 bits per heavy atom. The maximum absolute atomic E-state index is 14.2. The zero-order chi connectivity index (χ0) is 22.0. The molecule has 31 heavy (non-hydrogen) atoms. The van der Waals surface area contributed by atoms with Crippen LogP contribution in [-0.4, -0.2) is 58.4 Å². The first-order valence-electron chi connectivity index (χ1n) is 9.97. The molecule has 0 aliphatic carbocycles. The zero-order valence-corrected chi connectivity index (χ0v) is 18.1. The predicted octanol–water partition coefficient (Wildman–Crippen LogP) is 3.08. The van der Waals surface area contributed by atoms with Crippen molar-refractivity contribution in [1.82, 2.24) is 20.3 Å². The highest BCUT2D eigenvalue weighted by Gasteiger charge is 2.41. The fourth-order valence-electron chi connectivity index (χ4n) is 3.56. The molecule has 4 rings (SSSR count). The number of benzene rings is 1. The van der Waals surface area contributed by atoms with Gasteiger partial charge in [-0.05, 0) is 18.2 Å². The van der Waals surface area contributed by atoms with Crippen molar-refractivity contribution in [1.29, 1.82) is 0 Å². The molecular weight excluding hydrogens is 422 g/mol. The summed E-state index contributed by atoms with van der Waals surface area (Å²) in [5, 5.41) is 6.11. The lowest BCUT2D eigenvalue weighted by Gasteiger charge is -2.32. The monoisotopic (exact) mass is 446 g/mol. The van der Waals surface area contributed by atoms with Crippen LogP contribution in [0.25, 0.3) is 22.3 Å². The van der Waals surface area contributed by atoms with E-state index in [2.05, 4.69) is 25.6 Å². The van der Waals surface area contributed by atoms with Crippen LogP contribution in [0.5, 0.6) is 0 Å². The van der Waals surface area contributed by atoms with Crippen LogP contribution >= 0.6 is 0 Å². The van der Waals surface area contributed by atoms with Gasteiger partial charge in [-0.25, -0.2) is 18.7 Å². The second kappa shape index (κ2) is 8.89. The number of pyridine rings is 1. The van der Waals surface area contributed by atoms with Crippen molar-refractivity contribution in [2.75, 3.05) is 42.6 Å². The molecule has 1 aromatic carbocycles. The van der Waals surface area contributed by atoms with Gasteiger partial charge in [-0.3, -0.25) is 4.98 Å². The Labute approximate surface area is 182 Å². The molecule has 2 aromatic heterocycles. The summed E-state index contributed by atoms with van der Waals surface area (Å²) in [5.74, 6) is -3.13. The Bertz CT molecular complexity index is 1050. The lowest BCUT2D eigenvalue weighted by Crippen LogP contribution is -2.47. The maximum atomic E-state index is 14.2. The van der Waals surface area contributed by atoms with Crippen LogP contribution in [0.15, 0.2) is 42.7 Å². The van der Waals surface area contributed by atoms with Crippen molar-refractivity contribution in [3.63, 3.8) is 0 Å². The Morgan fingerprint density at radius 1 is 1.26 bits per heavy atom. The molecule has 164 valence electrons. The number of rotatable bonds is 6. The number of nitrogens with one attached hydrogen (secondary N) is 2. The smallest absolute Gasteiger partial charge is 0.255 e. The van der Waals surface area contributed by atoms with Crippen LogP contribution in [0.4, 0.5) is 20.3 Å². The third kappa shape index (κ3) is 4.70. The molecule has 2 unspecified atom stereocenters. The topological polar surface area (TPSA) is 89.0 Å². The molecule has 1 fully saturated rings. The predicted molar refractivity (Wildman–Crippen MR) is 120 cm³/mol. The first-order chi connectivity index (χ1) is 14.8. The second-order valence-corrected chi connectivity index (χ2v) is 8.94. The summed E-state index contributed by atoms with van der Waals surface area (Å²) in [6, 6.07) is 9.31. The first kappa shape index (κ1) is 21.7. The van der Waals surface area contributed by atoms with Gasteiger partial charge >= 0.3 is 0 Å². The summed E-state index contributed by atoms with van der Waals surface area (Å²) in [5.41, 5.74) is 3.46. The molecule has 0 bridgehead atoms. The highest BCUT2D eigenvalue weighted by Crippen LogP contribution is 2.32. The Kier molecular flexibility index (Phi) is 6.22. The van der Waals surface area contributed by atoms with Gasteiger partial charge in [-0.2, -0.15) is 4.31 Å². The maximum Gasteiger partial charge on any atom is 0.255 e. The van der Waals surface area contributed by atoms with Gasteiger partial charge in [0.2, 0.25) is 0 Å². The summed E-state index contributed by atoms with van der Waals surface area (Å²) in [4.78, 5) is 13.4. The number of hydrogen-bond donors (Lipinski definition) is 2. The van der Waals surface area contributed by atoms with Gasteiger partial charge in [0.1, 0.15) is 11.8 Å². The number of anilines is 2. The molecule has 10 heteroatoms. The van der Waals surface area contributed by atoms with Crippen molar-refractivity contribution < 1.29 is 13.3 Å². The van der Waals surface area contributed by atoms with Gasteiger partial charge in [-0.1, -0.05) is 12.1 Å². The Hall–Kier alpha value is -2.56. The van der Waals surface area contributed by atoms with E-state index in [0.29, 0.717) is 29.1 Å². The second-order valence-electron chi connectivity index (χ2n) is 7.54. The molecule has 0 radical (unpaired) electrons. The quantitative estimate of drug-likeness (QED) is 0.563. The fraction of sp³-hybridized carbons (Fsp3) is 0.381. The van der Waals surface area contributed by atoms with Crippen LogP contribution in [-0.2, 0) is 11.4 Å². The molecular formula is C21H24F2N6OS. The van der Waals surface area contributed by atoms with E-state index in [1.165, 1.54) is 0 Å². The van der Waals surface area contributed by atoms with Gasteiger partial charge < -0.3 is 15.2 Å². The number of aromatic nitrogens is 3. The fourth-order valence-corrected chi connectivity index (χ4v) is 3.98. The van der Waals surface area contributed by atoms with Crippen LogP contribution in [0.1, 0.15) is 6.42 Å². The molecule has 0 spiro atoms. The van der Waals surface area contributed by atoms with Crippen LogP contribution in [0.2, 0.25) is 0 Å². The van der Waals surface area contributed by atoms with E-state index in [1.54, 1.807) is 30.0 Å². The van der Waals surface area contributed by atoms with Crippen LogP contribution in [0.3, 0.4) is 0 Å². The zero-order valence-electron chi connectivity index (χ0n) is 17.3. The summed E-state index contributed by atoms with van der Waals surface area (Å²) in [7, 11) is 1.76. The average molecular weight is 447 g/mol. The van der Waals surface area contributed by atoms with E-state index in [4.69, 9.17) is 0 Å². The standard InChI is InChI=1S/C21H24F2N6OS/c1-29(31(2)30)16-5-3-14(4-6-16)17-11-18-19(26-10-9-25-18)20(28-17)27-13-15-12-24-8-7-21(15,22)23/h3-6,9-11,15,24H,7-8,12-13H2,1-2H3,(H,27,28). The molecule has 2 N–H and O–H groups in total. The lowest BCUT2D eigenvalue weighted by atomic mass is 9.95. The van der Waals surface area contributed by atoms with E-state index < -0.39 is 23.2 Å². The minimum Gasteiger partial charge on any atom is -0.593 e. The molecule has 1 saturated heterocycles. The van der Waals surface area contributed by atoms with Crippen molar-refractivity contribution >= 4 is 33.9 Å². The van der Waals surface area contributed by atoms with Crippen molar-refractivity contribution in [3.8, 4) is 11.3 Å². The normalized spacial score (nSPS) is 19.2. The van der Waals surface area contributed by atoms with E-state index in [9.17, 15) is 13.3 Å². The number of fused-ring (bicyclic) bond motifs is 1. The van der Waals surface area contributed by atoms with Gasteiger partial charge in [0.15, 0.2) is 5.82 Å². The molecule has 7 nitrogen and oxygen atoms in total. The molecule has 3 heterocycles. The molecule has 1 aliphatic rings. The number of halogens is 2. The largest absolute Gasteiger partial charge is 0.593 e. The van der Waals surface area contributed by atoms with Gasteiger partial charge in [0.25, 0.3) is 5.92 Å². The van der Waals surface area contributed by atoms with Crippen LogP contribution < -0.4 is 14.9 Å². The third-order valence-electron chi connectivity index (χ3n) is 5.51. The Morgan fingerprint density at radius 3 is 2.71 bits per heavy atom. The van der Waals surface area contributed by atoms with Crippen molar-refractivity contribution in [2.24, 2.45) is 5.92 Å². The summed E-state index contributed by atoms with van der Waals surface area (Å²) in [6.07, 6.45) is 4.59. The summed E-state index contributed by atoms with van der Waals surface area (Å²) < 4.78 is 41.8. The van der Waals surface area contributed by atoms with Gasteiger partial charge in [0.05, 0.1) is 41.2 Å². The molecule has 0 amide bonds. The number of piperidine rings is 1. The number of nitrogens with zero attached hydrogens (tertiary/aromatic N) is 4. The summed E-state index contributed by atoms with van der Waals surface area (Å²) >= 11 is -1.12. The number of alkyl halides is 2. The average Bonchev–Trinajstić information content (AvgIpc) is 2.77. The molecule has 0 saturated carbocycles. The van der Waals surface area contributed by atoms with Crippen molar-refractivity contribution in [2.45, 2.75) is 12.3 Å². The SMILES string of the molecule is CN(c1ccc(-c2cc3nccnc3c(NCC3CNCCC3(F)F)n2)cc1)[S+](C)[O-]. The highest BCUT2D eigenvalue weighted by molar-refractivity contribution is 7.92. The molecule has 1 aliphatic heterocycles. The van der Waals surface area contributed by atoms with Crippen LogP contribution in [0, 0.1) is 5.92 Å². The lowest BCUT2D eigenvalue weighted by molar-refractivity contribution is -0.0728. The van der Waals surface area contributed by atoms with E-state index in [-0.39, 0.29) is 19.5 Å².